The number of hydrogen-bond acceptors (Lipinski definition) is 1. The first kappa shape index (κ1) is 16.0. The summed E-state index contributed by atoms with van der Waals surface area (Å²) >= 11 is 0. The Labute approximate surface area is 85.7 Å². The molecule has 0 unspecified atom stereocenters. The molecule has 0 aromatic heterocycles. The third kappa shape index (κ3) is 73.5. The van der Waals surface area contributed by atoms with Crippen LogP contribution in [0.2, 0.25) is 0 Å². The standard InChI is InChI=1S/Ca.FH2O3P.Zn.2H/c;1-5(2,3)4;;;/h;(H2,2,3,4);;;/q+2;;;2*-1. The zero-order valence-corrected chi connectivity index (χ0v) is 9.61. The minimum atomic E-state index is -5.14. The van der Waals surface area contributed by atoms with Gasteiger partial charge in [-0.3, -0.25) is 9.79 Å². The van der Waals surface area contributed by atoms with Crippen LogP contribution in [0.5, 0.6) is 0 Å². The second-order valence-electron chi connectivity index (χ2n) is 0.473. The van der Waals surface area contributed by atoms with Crippen LogP contribution in [0.15, 0.2) is 0 Å². The molecule has 0 atom stereocenters. The molecule has 0 spiro atoms. The van der Waals surface area contributed by atoms with Crippen molar-refractivity contribution in [2.75, 3.05) is 0 Å². The Morgan fingerprint density at radius 2 is 1.57 bits per heavy atom. The van der Waals surface area contributed by atoms with Gasteiger partial charge in [-0.05, 0) is 0 Å². The van der Waals surface area contributed by atoms with E-state index in [0.29, 0.717) is 0 Å². The normalized spacial score (nSPS) is 8.43. The quantitative estimate of drug-likeness (QED) is 0.430. The van der Waals surface area contributed by atoms with Gasteiger partial charge < -0.3 is 2.85 Å². The molecule has 0 bridgehead atoms. The maximum absolute atomic E-state index is 10.4. The Balaban J connectivity index is -0.0000000133. The zero-order valence-electron chi connectivity index (χ0n) is 5.54. The van der Waals surface area contributed by atoms with Crippen molar-refractivity contribution in [3.8, 4) is 0 Å². The Morgan fingerprint density at radius 1 is 1.57 bits per heavy atom. The van der Waals surface area contributed by atoms with Gasteiger partial charge in [0.25, 0.3) is 0 Å². The van der Waals surface area contributed by atoms with Crippen molar-refractivity contribution in [2.24, 2.45) is 0 Å². The van der Waals surface area contributed by atoms with Gasteiger partial charge in [0.1, 0.15) is 0 Å². The van der Waals surface area contributed by atoms with Crippen LogP contribution in [0.3, 0.4) is 0 Å². The molecule has 0 heterocycles. The average Bonchev–Trinajstić information content (AvgIpc) is 0.722. The van der Waals surface area contributed by atoms with E-state index in [1.54, 1.807) is 0 Å². The molecule has 0 aromatic carbocycles. The smallest absolute Gasteiger partial charge is 1.00 e. The fraction of sp³-hybridized carbons (Fsp3) is 0. The maximum Gasteiger partial charge on any atom is 2.00 e. The first-order valence-corrected chi connectivity index (χ1v) is 2.25. The predicted molar refractivity (Wildman–Crippen MR) is 21.1 cm³/mol. The molecule has 7 heavy (non-hydrogen) atoms. The molecule has 0 radical (unpaired) electrons. The van der Waals surface area contributed by atoms with E-state index < -0.39 is 7.91 Å². The van der Waals surface area contributed by atoms with Crippen LogP contribution >= 0.6 is 7.91 Å². The fourth-order valence-corrected chi connectivity index (χ4v) is 0. The first-order chi connectivity index (χ1) is 2.00. The molecule has 2 N–H and O–H groups in total. The van der Waals surface area contributed by atoms with E-state index in [4.69, 9.17) is 14.4 Å². The molecular weight excluding hydrogens is 203 g/mol. The summed E-state index contributed by atoms with van der Waals surface area (Å²) in [6.07, 6.45) is 0. The fourth-order valence-electron chi connectivity index (χ4n) is 0. The van der Waals surface area contributed by atoms with Gasteiger partial charge >= 0.3 is 45.6 Å². The molecule has 38 valence electrons. The number of rotatable bonds is 0. The van der Waals surface area contributed by atoms with Crippen LogP contribution in [0.4, 0.5) is 4.20 Å². The second-order valence-corrected chi connectivity index (χ2v) is 1.42. The van der Waals surface area contributed by atoms with Crippen molar-refractivity contribution in [1.29, 1.82) is 0 Å². The third-order valence-electron chi connectivity index (χ3n) is 0. The van der Waals surface area contributed by atoms with Crippen LogP contribution in [-0.4, -0.2) is 47.5 Å². The van der Waals surface area contributed by atoms with Gasteiger partial charge in [-0.15, -0.1) is 4.20 Å². The van der Waals surface area contributed by atoms with Crippen molar-refractivity contribution in [1.82, 2.24) is 0 Å². The van der Waals surface area contributed by atoms with Crippen molar-refractivity contribution in [3.05, 3.63) is 0 Å². The average molecular weight is 207 g/mol. The first-order valence-electron chi connectivity index (χ1n) is 0.752. The van der Waals surface area contributed by atoms with E-state index in [-0.39, 0.29) is 60.1 Å². The molecule has 0 aromatic rings. The van der Waals surface area contributed by atoms with Gasteiger partial charge in [0, 0.05) is 19.5 Å². The topological polar surface area (TPSA) is 57.5 Å². The van der Waals surface area contributed by atoms with E-state index in [9.17, 15) is 4.20 Å². The predicted octanol–water partition coefficient (Wildman–Crippen LogP) is -0.110. The van der Waals surface area contributed by atoms with Gasteiger partial charge in [0.2, 0.25) is 0 Å². The minimum Gasteiger partial charge on any atom is -1.00 e. The summed E-state index contributed by atoms with van der Waals surface area (Å²) in [7, 11) is -5.14. The summed E-state index contributed by atoms with van der Waals surface area (Å²) in [5.41, 5.74) is 0. The van der Waals surface area contributed by atoms with Crippen LogP contribution in [0, 0.1) is 0 Å². The SMILES string of the molecule is O=P(O)(O)F.[Ca+2].[H-].[H-].[Zn]. The van der Waals surface area contributed by atoms with Crippen molar-refractivity contribution >= 4 is 45.6 Å². The van der Waals surface area contributed by atoms with Crippen molar-refractivity contribution in [2.45, 2.75) is 0 Å². The summed E-state index contributed by atoms with van der Waals surface area (Å²) in [5, 5.41) is 0. The second kappa shape index (κ2) is 6.09. The Bertz CT molecular complexity index is 67.9. The van der Waals surface area contributed by atoms with Gasteiger partial charge in [-0.25, -0.2) is 4.57 Å². The van der Waals surface area contributed by atoms with Gasteiger partial charge in [-0.2, -0.15) is 0 Å². The van der Waals surface area contributed by atoms with E-state index in [2.05, 4.69) is 0 Å². The van der Waals surface area contributed by atoms with Crippen molar-refractivity contribution < 1.29 is 40.9 Å². The summed E-state index contributed by atoms with van der Waals surface area (Å²) < 4.78 is 19.0. The van der Waals surface area contributed by atoms with Crippen LogP contribution in [-0.2, 0) is 24.0 Å². The molecular formula is H4CaFO3PZn. The summed E-state index contributed by atoms with van der Waals surface area (Å²) in [5.74, 6) is 0. The molecule has 3 nitrogen and oxygen atoms in total. The molecule has 0 saturated carbocycles. The van der Waals surface area contributed by atoms with Crippen LogP contribution in [0.1, 0.15) is 2.85 Å². The van der Waals surface area contributed by atoms with E-state index in [0.717, 1.165) is 0 Å². The largest absolute Gasteiger partial charge is 2.00 e. The monoisotopic (exact) mass is 206 g/mol. The minimum absolute atomic E-state index is 0. The summed E-state index contributed by atoms with van der Waals surface area (Å²) in [4.78, 5) is 13.9. The number of halogens is 1. The maximum atomic E-state index is 10.4. The van der Waals surface area contributed by atoms with Gasteiger partial charge in [0.05, 0.1) is 0 Å². The van der Waals surface area contributed by atoms with E-state index >= 15 is 0 Å². The summed E-state index contributed by atoms with van der Waals surface area (Å²) in [6, 6.07) is 0. The Kier molecular flexibility index (Phi) is 13.9. The number of hydrogen-bond donors (Lipinski definition) is 2. The van der Waals surface area contributed by atoms with Crippen LogP contribution in [0.25, 0.3) is 0 Å². The molecule has 0 saturated heterocycles. The Hall–Kier alpha value is 1.96. The van der Waals surface area contributed by atoms with E-state index in [1.165, 1.54) is 0 Å². The zero-order chi connectivity index (χ0) is 4.50. The van der Waals surface area contributed by atoms with Crippen LogP contribution < -0.4 is 0 Å². The molecule has 0 aliphatic rings. The Morgan fingerprint density at radius 3 is 1.57 bits per heavy atom. The third-order valence-corrected chi connectivity index (χ3v) is 0. The van der Waals surface area contributed by atoms with E-state index in [1.807, 2.05) is 0 Å². The van der Waals surface area contributed by atoms with Gasteiger partial charge in [0.15, 0.2) is 0 Å². The molecule has 0 aliphatic heterocycles. The van der Waals surface area contributed by atoms with Gasteiger partial charge in [-0.1, -0.05) is 0 Å². The molecule has 0 aliphatic carbocycles. The molecule has 0 amide bonds. The van der Waals surface area contributed by atoms with Crippen molar-refractivity contribution in [3.63, 3.8) is 0 Å². The summed E-state index contributed by atoms with van der Waals surface area (Å²) in [6.45, 7) is 0. The molecule has 7 heteroatoms. The molecule has 0 rings (SSSR count). The molecule has 0 fully saturated rings.